The van der Waals surface area contributed by atoms with E-state index in [4.69, 9.17) is 13.9 Å². The van der Waals surface area contributed by atoms with Crippen molar-refractivity contribution in [2.24, 2.45) is 0 Å². The molecule has 106 valence electrons. The largest absolute Gasteiger partial charge is 0.439 e. The van der Waals surface area contributed by atoms with E-state index in [1.165, 1.54) is 0 Å². The lowest BCUT2D eigenvalue weighted by Gasteiger charge is -2.36. The average molecular weight is 274 g/mol. The molecule has 2 aliphatic rings. The van der Waals surface area contributed by atoms with Crippen LogP contribution >= 0.6 is 0 Å². The smallest absolute Gasteiger partial charge is 0.209 e. The number of hydrogen-bond acceptors (Lipinski definition) is 5. The third kappa shape index (κ3) is 2.22. The van der Waals surface area contributed by atoms with Crippen LogP contribution in [-0.4, -0.2) is 42.0 Å². The molecular formula is C15H18N2O3. The Hall–Kier alpha value is -1.43. The normalized spacial score (nSPS) is 22.8. The first-order chi connectivity index (χ1) is 9.83. The van der Waals surface area contributed by atoms with Crippen LogP contribution in [0.25, 0.3) is 11.1 Å². The first-order valence-corrected chi connectivity index (χ1v) is 7.18. The van der Waals surface area contributed by atoms with Gasteiger partial charge in [-0.2, -0.15) is 0 Å². The Bertz CT molecular complexity index is 561. The van der Waals surface area contributed by atoms with Crippen molar-refractivity contribution in [3.8, 4) is 0 Å². The molecule has 4 rings (SSSR count). The van der Waals surface area contributed by atoms with Crippen molar-refractivity contribution in [3.05, 3.63) is 30.2 Å². The predicted octanol–water partition coefficient (Wildman–Crippen LogP) is 2.17. The molecule has 0 radical (unpaired) electrons. The lowest BCUT2D eigenvalue weighted by atomic mass is 10.0. The molecular weight excluding hydrogens is 256 g/mol. The first-order valence-electron chi connectivity index (χ1n) is 7.18. The summed E-state index contributed by atoms with van der Waals surface area (Å²) in [5.41, 5.74) is 1.79. The Balaban J connectivity index is 1.42. The summed E-state index contributed by atoms with van der Waals surface area (Å²) in [7, 11) is 0. The van der Waals surface area contributed by atoms with Crippen LogP contribution in [0, 0.1) is 0 Å². The predicted molar refractivity (Wildman–Crippen MR) is 73.2 cm³/mol. The highest BCUT2D eigenvalue weighted by molar-refractivity contribution is 5.72. The molecule has 5 heteroatoms. The van der Waals surface area contributed by atoms with E-state index in [-0.39, 0.29) is 5.79 Å². The summed E-state index contributed by atoms with van der Waals surface area (Å²) in [5.74, 6) is 0.480. The third-order valence-electron chi connectivity index (χ3n) is 4.13. The maximum Gasteiger partial charge on any atom is 0.209 e. The first kappa shape index (κ1) is 12.3. The molecule has 0 bridgehead atoms. The zero-order chi connectivity index (χ0) is 13.4. The van der Waals surface area contributed by atoms with Gasteiger partial charge >= 0.3 is 0 Å². The summed E-state index contributed by atoms with van der Waals surface area (Å²) in [5, 5.41) is 0. The Labute approximate surface area is 117 Å². The monoisotopic (exact) mass is 274 g/mol. The molecule has 0 unspecified atom stereocenters. The van der Waals surface area contributed by atoms with Gasteiger partial charge in [-0.15, -0.1) is 0 Å². The van der Waals surface area contributed by atoms with E-state index in [9.17, 15) is 0 Å². The number of fused-ring (bicyclic) bond motifs is 1. The lowest BCUT2D eigenvalue weighted by molar-refractivity contribution is -0.186. The van der Waals surface area contributed by atoms with E-state index < -0.39 is 0 Å². The van der Waals surface area contributed by atoms with Crippen molar-refractivity contribution in [1.82, 2.24) is 9.88 Å². The highest BCUT2D eigenvalue weighted by Gasteiger charge is 2.39. The van der Waals surface area contributed by atoms with E-state index in [2.05, 4.69) is 9.88 Å². The Morgan fingerprint density at radius 1 is 1.10 bits per heavy atom. The van der Waals surface area contributed by atoms with Crippen LogP contribution in [-0.2, 0) is 16.0 Å². The van der Waals surface area contributed by atoms with Gasteiger partial charge < -0.3 is 13.9 Å². The minimum atomic E-state index is -0.308. The lowest BCUT2D eigenvalue weighted by Crippen LogP contribution is -2.44. The van der Waals surface area contributed by atoms with E-state index in [0.29, 0.717) is 0 Å². The fourth-order valence-corrected chi connectivity index (χ4v) is 3.02. The summed E-state index contributed by atoms with van der Waals surface area (Å²) in [6.45, 7) is 4.12. The molecule has 2 aliphatic heterocycles. The van der Waals surface area contributed by atoms with Crippen LogP contribution in [0.5, 0.6) is 0 Å². The van der Waals surface area contributed by atoms with Crippen molar-refractivity contribution in [2.45, 2.75) is 25.2 Å². The fraction of sp³-hybridized carbons (Fsp3) is 0.533. The maximum atomic E-state index is 5.77. The van der Waals surface area contributed by atoms with Crippen LogP contribution in [0.15, 0.2) is 28.7 Å². The number of nitrogens with zero attached hydrogens (tertiary/aromatic N) is 2. The van der Waals surface area contributed by atoms with Crippen molar-refractivity contribution in [1.29, 1.82) is 0 Å². The summed E-state index contributed by atoms with van der Waals surface area (Å²) >= 11 is 0. The van der Waals surface area contributed by atoms with Crippen LogP contribution in [0.3, 0.4) is 0 Å². The van der Waals surface area contributed by atoms with E-state index in [0.717, 1.165) is 62.7 Å². The second-order valence-electron chi connectivity index (χ2n) is 5.46. The Morgan fingerprint density at radius 3 is 2.60 bits per heavy atom. The van der Waals surface area contributed by atoms with Gasteiger partial charge in [-0.05, 0) is 12.1 Å². The third-order valence-corrected chi connectivity index (χ3v) is 4.13. The minimum absolute atomic E-state index is 0.308. The number of aromatic nitrogens is 1. The van der Waals surface area contributed by atoms with Crippen molar-refractivity contribution < 1.29 is 13.9 Å². The van der Waals surface area contributed by atoms with Crippen LogP contribution < -0.4 is 0 Å². The van der Waals surface area contributed by atoms with Crippen molar-refractivity contribution >= 4 is 11.1 Å². The summed E-state index contributed by atoms with van der Waals surface area (Å²) in [6, 6.07) is 7.88. The number of para-hydroxylation sites is 2. The van der Waals surface area contributed by atoms with E-state index in [1.807, 2.05) is 24.3 Å². The molecule has 1 aromatic heterocycles. The minimum Gasteiger partial charge on any atom is -0.439 e. The highest BCUT2D eigenvalue weighted by Crippen LogP contribution is 2.31. The number of benzene rings is 1. The molecule has 0 aliphatic carbocycles. The van der Waals surface area contributed by atoms with Gasteiger partial charge in [0.1, 0.15) is 5.52 Å². The Kier molecular flexibility index (Phi) is 2.98. The molecule has 0 N–H and O–H groups in total. The second kappa shape index (κ2) is 4.84. The van der Waals surface area contributed by atoms with Crippen molar-refractivity contribution in [3.63, 3.8) is 0 Å². The SMILES string of the molecule is c1ccc2oc(CN3CCC4(CC3)OCCO4)nc2c1. The second-order valence-corrected chi connectivity index (χ2v) is 5.46. The van der Waals surface area contributed by atoms with Gasteiger partial charge in [-0.3, -0.25) is 4.90 Å². The quantitative estimate of drug-likeness (QED) is 0.840. The average Bonchev–Trinajstić information content (AvgIpc) is 3.08. The molecule has 5 nitrogen and oxygen atoms in total. The summed E-state index contributed by atoms with van der Waals surface area (Å²) in [6.07, 6.45) is 1.85. The van der Waals surface area contributed by atoms with E-state index in [1.54, 1.807) is 0 Å². The number of ether oxygens (including phenoxy) is 2. The molecule has 2 fully saturated rings. The summed E-state index contributed by atoms with van der Waals surface area (Å²) < 4.78 is 17.3. The van der Waals surface area contributed by atoms with Crippen LogP contribution in [0.4, 0.5) is 0 Å². The number of piperidine rings is 1. The molecule has 2 aromatic rings. The number of oxazole rings is 1. The fourth-order valence-electron chi connectivity index (χ4n) is 3.02. The molecule has 1 spiro atoms. The zero-order valence-corrected chi connectivity index (χ0v) is 11.4. The number of likely N-dealkylation sites (tertiary alicyclic amines) is 1. The van der Waals surface area contributed by atoms with Gasteiger partial charge in [0.25, 0.3) is 0 Å². The molecule has 0 atom stereocenters. The number of hydrogen-bond donors (Lipinski definition) is 0. The van der Waals surface area contributed by atoms with Gasteiger partial charge in [0, 0.05) is 25.9 Å². The van der Waals surface area contributed by atoms with Crippen LogP contribution in [0.2, 0.25) is 0 Å². The van der Waals surface area contributed by atoms with Gasteiger partial charge in [-0.25, -0.2) is 4.98 Å². The van der Waals surface area contributed by atoms with Gasteiger partial charge in [-0.1, -0.05) is 12.1 Å². The number of rotatable bonds is 2. The topological polar surface area (TPSA) is 47.7 Å². The maximum absolute atomic E-state index is 5.77. The molecule has 0 amide bonds. The van der Waals surface area contributed by atoms with Gasteiger partial charge in [0.05, 0.1) is 19.8 Å². The molecule has 3 heterocycles. The van der Waals surface area contributed by atoms with Crippen LogP contribution in [0.1, 0.15) is 18.7 Å². The zero-order valence-electron chi connectivity index (χ0n) is 11.4. The highest BCUT2D eigenvalue weighted by atomic mass is 16.7. The van der Waals surface area contributed by atoms with Crippen molar-refractivity contribution in [2.75, 3.05) is 26.3 Å². The standard InChI is InChI=1S/C15H18N2O3/c1-2-4-13-12(3-1)16-14(20-13)11-17-7-5-15(6-8-17)18-9-10-19-15/h1-4H,5-11H2. The van der Waals surface area contributed by atoms with Gasteiger partial charge in [0.2, 0.25) is 5.89 Å². The Morgan fingerprint density at radius 2 is 1.85 bits per heavy atom. The molecule has 2 saturated heterocycles. The molecule has 0 saturated carbocycles. The molecule has 20 heavy (non-hydrogen) atoms. The van der Waals surface area contributed by atoms with Gasteiger partial charge in [0.15, 0.2) is 11.4 Å². The molecule has 1 aromatic carbocycles. The summed E-state index contributed by atoms with van der Waals surface area (Å²) in [4.78, 5) is 6.87. The van der Waals surface area contributed by atoms with E-state index >= 15 is 0 Å².